The first-order chi connectivity index (χ1) is 10.7. The molecule has 0 saturated carbocycles. The van der Waals surface area contributed by atoms with Crippen molar-refractivity contribution in [1.29, 1.82) is 0 Å². The minimum Gasteiger partial charge on any atom is -0.351 e. The quantitative estimate of drug-likeness (QED) is 0.762. The molecule has 0 spiro atoms. The fraction of sp³-hybridized carbons (Fsp3) is 0.312. The number of carbonyl (C=O) groups excluding carboxylic acids is 1. The smallest absolute Gasteiger partial charge is 0.271 e. The second-order valence-electron chi connectivity index (χ2n) is 4.90. The molecule has 1 heterocycles. The standard InChI is InChI=1S/C16H19ClN4O/c1-2-3-4-11-18-16(22)14-9-10-15(21-20-14)19-13-7-5-12(17)6-8-13/h5-10H,2-4,11H2,1H3,(H,18,22)(H,19,21). The second kappa shape index (κ2) is 8.34. The number of anilines is 2. The van der Waals surface area contributed by atoms with Crippen LogP contribution in [-0.2, 0) is 0 Å². The van der Waals surface area contributed by atoms with E-state index in [1.165, 1.54) is 0 Å². The SMILES string of the molecule is CCCCCNC(=O)c1ccc(Nc2ccc(Cl)cc2)nn1. The Morgan fingerprint density at radius 1 is 1.09 bits per heavy atom. The molecule has 1 aromatic carbocycles. The molecule has 0 aliphatic heterocycles. The topological polar surface area (TPSA) is 66.9 Å². The normalized spacial score (nSPS) is 10.3. The maximum atomic E-state index is 11.9. The fourth-order valence-electron chi connectivity index (χ4n) is 1.87. The largest absolute Gasteiger partial charge is 0.351 e. The van der Waals surface area contributed by atoms with Crippen molar-refractivity contribution in [3.05, 3.63) is 47.1 Å². The molecule has 5 nitrogen and oxygen atoms in total. The summed E-state index contributed by atoms with van der Waals surface area (Å²) in [4.78, 5) is 11.9. The molecule has 0 aliphatic carbocycles. The van der Waals surface area contributed by atoms with E-state index in [-0.39, 0.29) is 5.91 Å². The Morgan fingerprint density at radius 2 is 1.86 bits per heavy atom. The summed E-state index contributed by atoms with van der Waals surface area (Å²) in [7, 11) is 0. The molecule has 0 aliphatic rings. The summed E-state index contributed by atoms with van der Waals surface area (Å²) in [6.45, 7) is 2.79. The molecule has 0 saturated heterocycles. The van der Waals surface area contributed by atoms with Gasteiger partial charge in [0.25, 0.3) is 5.91 Å². The summed E-state index contributed by atoms with van der Waals surface area (Å²) in [6.07, 6.45) is 3.21. The molecular weight excluding hydrogens is 300 g/mol. The van der Waals surface area contributed by atoms with Crippen LogP contribution in [0.4, 0.5) is 11.5 Å². The first-order valence-electron chi connectivity index (χ1n) is 7.33. The Morgan fingerprint density at radius 3 is 2.50 bits per heavy atom. The van der Waals surface area contributed by atoms with Crippen molar-refractivity contribution >= 4 is 29.0 Å². The van der Waals surface area contributed by atoms with E-state index in [4.69, 9.17) is 11.6 Å². The summed E-state index contributed by atoms with van der Waals surface area (Å²) < 4.78 is 0. The molecular formula is C16H19ClN4O. The predicted molar refractivity (Wildman–Crippen MR) is 88.6 cm³/mol. The molecule has 1 amide bonds. The number of unbranched alkanes of at least 4 members (excludes halogenated alkanes) is 2. The minimum atomic E-state index is -0.193. The Kier molecular flexibility index (Phi) is 6.15. The number of nitrogens with zero attached hydrogens (tertiary/aromatic N) is 2. The van der Waals surface area contributed by atoms with Crippen molar-refractivity contribution in [3.8, 4) is 0 Å². The lowest BCUT2D eigenvalue weighted by molar-refractivity contribution is 0.0947. The van der Waals surface area contributed by atoms with E-state index in [1.54, 1.807) is 24.3 Å². The van der Waals surface area contributed by atoms with Crippen LogP contribution in [0.5, 0.6) is 0 Å². The molecule has 2 N–H and O–H groups in total. The van der Waals surface area contributed by atoms with Gasteiger partial charge in [0.1, 0.15) is 0 Å². The average Bonchev–Trinajstić information content (AvgIpc) is 2.54. The third kappa shape index (κ3) is 5.00. The van der Waals surface area contributed by atoms with Crippen molar-refractivity contribution in [2.24, 2.45) is 0 Å². The van der Waals surface area contributed by atoms with Crippen LogP contribution >= 0.6 is 11.6 Å². The molecule has 6 heteroatoms. The second-order valence-corrected chi connectivity index (χ2v) is 5.34. The number of halogens is 1. The lowest BCUT2D eigenvalue weighted by Gasteiger charge is -2.06. The zero-order chi connectivity index (χ0) is 15.8. The number of amides is 1. The Balaban J connectivity index is 1.89. The summed E-state index contributed by atoms with van der Waals surface area (Å²) in [6, 6.07) is 10.6. The molecule has 1 aromatic heterocycles. The molecule has 22 heavy (non-hydrogen) atoms. The maximum absolute atomic E-state index is 11.9. The molecule has 2 aromatic rings. The summed E-state index contributed by atoms with van der Waals surface area (Å²) >= 11 is 5.83. The zero-order valence-electron chi connectivity index (χ0n) is 12.5. The summed E-state index contributed by atoms with van der Waals surface area (Å²) in [5.41, 5.74) is 1.17. The maximum Gasteiger partial charge on any atom is 0.271 e. The number of benzene rings is 1. The van der Waals surface area contributed by atoms with Crippen LogP contribution in [0.3, 0.4) is 0 Å². The predicted octanol–water partition coefficient (Wildman–Crippen LogP) is 3.79. The highest BCUT2D eigenvalue weighted by Crippen LogP contribution is 2.17. The van der Waals surface area contributed by atoms with Gasteiger partial charge in [-0.3, -0.25) is 4.79 Å². The first-order valence-corrected chi connectivity index (χ1v) is 7.71. The monoisotopic (exact) mass is 318 g/mol. The third-order valence-corrected chi connectivity index (χ3v) is 3.33. The van der Waals surface area contributed by atoms with Crippen LogP contribution in [0.15, 0.2) is 36.4 Å². The van der Waals surface area contributed by atoms with E-state index in [9.17, 15) is 4.79 Å². The van der Waals surface area contributed by atoms with E-state index in [0.29, 0.717) is 23.1 Å². The molecule has 0 atom stereocenters. The van der Waals surface area contributed by atoms with Crippen molar-refractivity contribution in [3.63, 3.8) is 0 Å². The van der Waals surface area contributed by atoms with Gasteiger partial charge in [0, 0.05) is 17.3 Å². The van der Waals surface area contributed by atoms with Gasteiger partial charge in [-0.2, -0.15) is 0 Å². The van der Waals surface area contributed by atoms with Crippen molar-refractivity contribution in [2.75, 3.05) is 11.9 Å². The van der Waals surface area contributed by atoms with Gasteiger partial charge in [0.05, 0.1) is 0 Å². The zero-order valence-corrected chi connectivity index (χ0v) is 13.2. The number of hydrogen-bond acceptors (Lipinski definition) is 4. The van der Waals surface area contributed by atoms with Crippen LogP contribution in [0.25, 0.3) is 0 Å². The van der Waals surface area contributed by atoms with E-state index in [2.05, 4.69) is 27.8 Å². The number of aromatic nitrogens is 2. The molecule has 0 unspecified atom stereocenters. The van der Waals surface area contributed by atoms with Crippen LogP contribution in [0.1, 0.15) is 36.7 Å². The fourth-order valence-corrected chi connectivity index (χ4v) is 1.99. The number of hydrogen-bond donors (Lipinski definition) is 2. The van der Waals surface area contributed by atoms with Crippen molar-refractivity contribution in [1.82, 2.24) is 15.5 Å². The number of carbonyl (C=O) groups is 1. The van der Waals surface area contributed by atoms with Gasteiger partial charge in [-0.05, 0) is 42.8 Å². The van der Waals surface area contributed by atoms with Gasteiger partial charge >= 0.3 is 0 Å². The lowest BCUT2D eigenvalue weighted by Crippen LogP contribution is -2.25. The molecule has 116 valence electrons. The Bertz CT molecular complexity index is 599. The Labute approximate surface area is 135 Å². The van der Waals surface area contributed by atoms with Gasteiger partial charge in [-0.25, -0.2) is 0 Å². The minimum absolute atomic E-state index is 0.193. The Hall–Kier alpha value is -2.14. The number of rotatable bonds is 7. The van der Waals surface area contributed by atoms with Crippen LogP contribution in [0.2, 0.25) is 5.02 Å². The highest BCUT2D eigenvalue weighted by molar-refractivity contribution is 6.30. The van der Waals surface area contributed by atoms with Crippen molar-refractivity contribution in [2.45, 2.75) is 26.2 Å². The summed E-state index contributed by atoms with van der Waals surface area (Å²) in [5, 5.41) is 14.5. The lowest BCUT2D eigenvalue weighted by atomic mass is 10.2. The van der Waals surface area contributed by atoms with Gasteiger partial charge in [0.2, 0.25) is 0 Å². The van der Waals surface area contributed by atoms with Crippen LogP contribution in [-0.4, -0.2) is 22.6 Å². The highest BCUT2D eigenvalue weighted by Gasteiger charge is 2.07. The van der Waals surface area contributed by atoms with Gasteiger partial charge in [-0.1, -0.05) is 31.4 Å². The van der Waals surface area contributed by atoms with Gasteiger partial charge in [-0.15, -0.1) is 10.2 Å². The summed E-state index contributed by atoms with van der Waals surface area (Å²) in [5.74, 6) is 0.381. The van der Waals surface area contributed by atoms with E-state index < -0.39 is 0 Å². The highest BCUT2D eigenvalue weighted by atomic mass is 35.5. The first kappa shape index (κ1) is 16.2. The third-order valence-electron chi connectivity index (χ3n) is 3.08. The van der Waals surface area contributed by atoms with Gasteiger partial charge in [0.15, 0.2) is 11.5 Å². The molecule has 0 bridgehead atoms. The van der Waals surface area contributed by atoms with E-state index >= 15 is 0 Å². The van der Waals surface area contributed by atoms with Crippen LogP contribution in [0, 0.1) is 0 Å². The molecule has 0 radical (unpaired) electrons. The molecule has 0 fully saturated rings. The van der Waals surface area contributed by atoms with Crippen LogP contribution < -0.4 is 10.6 Å². The average molecular weight is 319 g/mol. The molecule has 2 rings (SSSR count). The van der Waals surface area contributed by atoms with Crippen molar-refractivity contribution < 1.29 is 4.79 Å². The number of nitrogens with one attached hydrogen (secondary N) is 2. The van der Waals surface area contributed by atoms with E-state index in [0.717, 1.165) is 24.9 Å². The van der Waals surface area contributed by atoms with Gasteiger partial charge < -0.3 is 10.6 Å². The van der Waals surface area contributed by atoms with E-state index in [1.807, 2.05) is 12.1 Å².